The lowest BCUT2D eigenvalue weighted by atomic mass is 10.6. The molecule has 0 bridgehead atoms. The highest BCUT2D eigenvalue weighted by molar-refractivity contribution is 7.91. The molecule has 1 rings (SSSR count). The second-order valence-corrected chi connectivity index (χ2v) is 7.30. The summed E-state index contributed by atoms with van der Waals surface area (Å²) >= 11 is 11.7. The Kier molecular flexibility index (Phi) is 4.73. The van der Waals surface area contributed by atoms with Gasteiger partial charge in [0.25, 0.3) is 15.7 Å². The summed E-state index contributed by atoms with van der Waals surface area (Å²) in [5.41, 5.74) is -0.408. The van der Waals surface area contributed by atoms with Crippen molar-refractivity contribution in [3.05, 3.63) is 20.5 Å². The summed E-state index contributed by atoms with van der Waals surface area (Å²) in [7, 11) is -2.41. The maximum Gasteiger partial charge on any atom is 0.300 e. The molecule has 0 unspecified atom stereocenters. The Labute approximate surface area is 112 Å². The Hall–Kier alpha value is -0.410. The lowest BCUT2D eigenvalue weighted by Crippen LogP contribution is -2.28. The molecular formula is C7H8Cl2N2O4S2. The van der Waals surface area contributed by atoms with Crippen LogP contribution in [0.25, 0.3) is 0 Å². The van der Waals surface area contributed by atoms with Gasteiger partial charge in [0.2, 0.25) is 0 Å². The minimum atomic E-state index is -3.76. The first-order valence-corrected chi connectivity index (χ1v) is 7.43. The second kappa shape index (κ2) is 5.49. The summed E-state index contributed by atoms with van der Waals surface area (Å²) in [5.74, 6) is 0.136. The van der Waals surface area contributed by atoms with Gasteiger partial charge in [-0.15, -0.1) is 22.9 Å². The molecule has 0 saturated heterocycles. The van der Waals surface area contributed by atoms with Gasteiger partial charge in [-0.3, -0.25) is 10.1 Å². The van der Waals surface area contributed by atoms with Gasteiger partial charge in [0, 0.05) is 25.5 Å². The molecule has 1 aromatic heterocycles. The third-order valence-corrected chi connectivity index (χ3v) is 5.72. The van der Waals surface area contributed by atoms with E-state index in [4.69, 9.17) is 23.2 Å². The summed E-state index contributed by atoms with van der Waals surface area (Å²) in [5, 5.41) is 10.6. The summed E-state index contributed by atoms with van der Waals surface area (Å²) in [6, 6.07) is 0.951. The van der Waals surface area contributed by atoms with E-state index in [-0.39, 0.29) is 21.0 Å². The molecule has 1 heterocycles. The second-order valence-electron chi connectivity index (χ2n) is 3.00. The van der Waals surface area contributed by atoms with Gasteiger partial charge in [-0.2, -0.15) is 4.31 Å². The zero-order valence-corrected chi connectivity index (χ0v) is 11.7. The Bertz CT molecular complexity index is 528. The summed E-state index contributed by atoms with van der Waals surface area (Å²) in [6.45, 7) is 0.118. The van der Waals surface area contributed by atoms with Crippen molar-refractivity contribution in [3.63, 3.8) is 0 Å². The number of rotatable bonds is 5. The van der Waals surface area contributed by atoms with Gasteiger partial charge in [-0.25, -0.2) is 8.42 Å². The highest BCUT2D eigenvalue weighted by atomic mass is 35.5. The Morgan fingerprint density at radius 1 is 1.59 bits per heavy atom. The maximum atomic E-state index is 11.9. The number of halogens is 2. The van der Waals surface area contributed by atoms with Crippen LogP contribution >= 0.6 is 34.5 Å². The molecule has 0 aliphatic heterocycles. The van der Waals surface area contributed by atoms with Crippen LogP contribution in [0.15, 0.2) is 10.3 Å². The Morgan fingerprint density at radius 2 is 2.18 bits per heavy atom. The van der Waals surface area contributed by atoms with E-state index in [0.29, 0.717) is 11.3 Å². The zero-order valence-electron chi connectivity index (χ0n) is 8.59. The monoisotopic (exact) mass is 318 g/mol. The molecule has 0 amide bonds. The fourth-order valence-corrected chi connectivity index (χ4v) is 4.38. The van der Waals surface area contributed by atoms with Crippen molar-refractivity contribution in [2.24, 2.45) is 0 Å². The number of nitrogens with zero attached hydrogens (tertiary/aromatic N) is 2. The van der Waals surface area contributed by atoms with Gasteiger partial charge >= 0.3 is 0 Å². The standard InChI is InChI=1S/C7H8Cl2N2O4S2/c1-10(3-2-8)17(14,15)6-4-5(11(12)13)7(9)16-6/h4H,2-3H2,1H3. The molecule has 17 heavy (non-hydrogen) atoms. The molecule has 0 aliphatic carbocycles. The number of alkyl halides is 1. The van der Waals surface area contributed by atoms with Crippen molar-refractivity contribution < 1.29 is 13.3 Å². The number of nitro groups is 1. The predicted octanol–water partition coefficient (Wildman–Crippen LogP) is 2.17. The first-order valence-electron chi connectivity index (χ1n) is 4.26. The van der Waals surface area contributed by atoms with E-state index in [9.17, 15) is 18.5 Å². The Morgan fingerprint density at radius 3 is 2.59 bits per heavy atom. The average molecular weight is 319 g/mol. The third kappa shape index (κ3) is 3.08. The zero-order chi connectivity index (χ0) is 13.2. The molecule has 0 fully saturated rings. The molecule has 0 aliphatic rings. The van der Waals surface area contributed by atoms with Crippen LogP contribution in [0.2, 0.25) is 4.34 Å². The third-order valence-electron chi connectivity index (χ3n) is 1.91. The smallest absolute Gasteiger partial charge is 0.258 e. The molecule has 0 radical (unpaired) electrons. The molecule has 0 aromatic carbocycles. The van der Waals surface area contributed by atoms with Crippen LogP contribution in [-0.4, -0.2) is 37.1 Å². The molecule has 10 heteroatoms. The van der Waals surface area contributed by atoms with Crippen LogP contribution in [0.5, 0.6) is 0 Å². The van der Waals surface area contributed by atoms with Crippen molar-refractivity contribution in [1.29, 1.82) is 0 Å². The van der Waals surface area contributed by atoms with Gasteiger partial charge in [0.15, 0.2) is 4.34 Å². The van der Waals surface area contributed by atoms with Crippen LogP contribution in [0.1, 0.15) is 0 Å². The van der Waals surface area contributed by atoms with E-state index < -0.39 is 20.6 Å². The van der Waals surface area contributed by atoms with E-state index in [1.54, 1.807) is 0 Å². The minimum Gasteiger partial charge on any atom is -0.258 e. The van der Waals surface area contributed by atoms with E-state index in [1.807, 2.05) is 0 Å². The molecule has 6 nitrogen and oxygen atoms in total. The van der Waals surface area contributed by atoms with E-state index in [1.165, 1.54) is 7.05 Å². The van der Waals surface area contributed by atoms with Crippen LogP contribution < -0.4 is 0 Å². The van der Waals surface area contributed by atoms with Crippen molar-refractivity contribution in [1.82, 2.24) is 4.31 Å². The highest BCUT2D eigenvalue weighted by Crippen LogP contribution is 2.37. The highest BCUT2D eigenvalue weighted by Gasteiger charge is 2.28. The minimum absolute atomic E-state index is 0.118. The van der Waals surface area contributed by atoms with Gasteiger partial charge < -0.3 is 0 Å². The fourth-order valence-electron chi connectivity index (χ4n) is 0.983. The van der Waals surface area contributed by atoms with Crippen LogP contribution in [0.4, 0.5) is 5.69 Å². The summed E-state index contributed by atoms with van der Waals surface area (Å²) in [6.07, 6.45) is 0. The van der Waals surface area contributed by atoms with Crippen molar-refractivity contribution >= 4 is 50.2 Å². The van der Waals surface area contributed by atoms with E-state index >= 15 is 0 Å². The summed E-state index contributed by atoms with van der Waals surface area (Å²) < 4.78 is 24.5. The molecule has 0 spiro atoms. The summed E-state index contributed by atoms with van der Waals surface area (Å²) in [4.78, 5) is 9.83. The van der Waals surface area contributed by atoms with Crippen LogP contribution in [0, 0.1) is 10.1 Å². The van der Waals surface area contributed by atoms with Gasteiger partial charge in [-0.05, 0) is 0 Å². The molecule has 0 N–H and O–H groups in total. The van der Waals surface area contributed by atoms with Crippen molar-refractivity contribution in [3.8, 4) is 0 Å². The first kappa shape index (κ1) is 14.7. The lowest BCUT2D eigenvalue weighted by molar-refractivity contribution is -0.384. The number of thiophene rings is 1. The molecule has 0 saturated carbocycles. The SMILES string of the molecule is CN(CCCl)S(=O)(=O)c1cc([N+](=O)[O-])c(Cl)s1. The first-order chi connectivity index (χ1) is 7.80. The van der Waals surface area contributed by atoms with Gasteiger partial charge in [-0.1, -0.05) is 11.6 Å². The number of hydrogen-bond donors (Lipinski definition) is 0. The number of hydrogen-bond acceptors (Lipinski definition) is 5. The van der Waals surface area contributed by atoms with E-state index in [2.05, 4.69) is 0 Å². The largest absolute Gasteiger partial charge is 0.300 e. The predicted molar refractivity (Wildman–Crippen MR) is 66.5 cm³/mol. The fraction of sp³-hybridized carbons (Fsp3) is 0.429. The quantitative estimate of drug-likeness (QED) is 0.473. The van der Waals surface area contributed by atoms with Crippen molar-refractivity contribution in [2.75, 3.05) is 19.5 Å². The molecule has 96 valence electrons. The van der Waals surface area contributed by atoms with Crippen LogP contribution in [0.3, 0.4) is 0 Å². The average Bonchev–Trinajstić information content (AvgIpc) is 2.61. The molecule has 1 aromatic rings. The number of sulfonamides is 1. The Balaban J connectivity index is 3.17. The van der Waals surface area contributed by atoms with Gasteiger partial charge in [0.05, 0.1) is 4.92 Å². The van der Waals surface area contributed by atoms with Crippen LogP contribution in [-0.2, 0) is 10.0 Å². The molecule has 0 atom stereocenters. The lowest BCUT2D eigenvalue weighted by Gasteiger charge is -2.13. The van der Waals surface area contributed by atoms with Gasteiger partial charge in [0.1, 0.15) is 4.21 Å². The van der Waals surface area contributed by atoms with Crippen molar-refractivity contribution in [2.45, 2.75) is 4.21 Å². The normalized spacial score (nSPS) is 12.0. The molecular weight excluding hydrogens is 311 g/mol. The van der Waals surface area contributed by atoms with E-state index in [0.717, 1.165) is 10.4 Å². The topological polar surface area (TPSA) is 80.5 Å². The maximum absolute atomic E-state index is 11.9.